The molecule has 0 saturated heterocycles. The molecule has 0 aromatic heterocycles. The van der Waals surface area contributed by atoms with Gasteiger partial charge in [0.2, 0.25) is 0 Å². The van der Waals surface area contributed by atoms with Crippen molar-refractivity contribution in [1.29, 1.82) is 0 Å². The fourth-order valence-electron chi connectivity index (χ4n) is 0. The Labute approximate surface area is 64.5 Å². The van der Waals surface area contributed by atoms with Crippen LogP contribution in [0.2, 0.25) is 0 Å². The van der Waals surface area contributed by atoms with Gasteiger partial charge in [-0.1, -0.05) is 13.8 Å². The maximum Gasteiger partial charge on any atom is 0.135 e. The summed E-state index contributed by atoms with van der Waals surface area (Å²) in [5.41, 5.74) is 0. The van der Waals surface area contributed by atoms with Gasteiger partial charge in [-0.3, -0.25) is 0 Å². The number of rotatable bonds is 1. The average molecular weight is 175 g/mol. The maximum absolute atomic E-state index is 9.51. The summed E-state index contributed by atoms with van der Waals surface area (Å²) in [7, 11) is 0. The molecule has 0 fully saturated rings. The molecular weight excluding hydrogens is 165 g/mol. The Balaban J connectivity index is -0.0000000750. The monoisotopic (exact) mass is 175 g/mol. The third-order valence-electron chi connectivity index (χ3n) is 0.117. The quantitative estimate of drug-likeness (QED) is 0.564. The largest absolute Gasteiger partial charge is 0.534 e. The Morgan fingerprint density at radius 3 is 1.62 bits per heavy atom. The summed E-state index contributed by atoms with van der Waals surface area (Å²) in [5.74, 6) is 5.86. The topological polar surface area (TPSA) is 50.1 Å². The van der Waals surface area contributed by atoms with Crippen molar-refractivity contribution in [1.82, 2.24) is 0 Å². The van der Waals surface area contributed by atoms with Crippen LogP contribution in [0.15, 0.2) is 0 Å². The molecule has 0 aromatic carbocycles. The molecule has 0 aliphatic heterocycles. The molecule has 1 N–H and O–H groups in total. The van der Waals surface area contributed by atoms with E-state index >= 15 is 0 Å². The van der Waals surface area contributed by atoms with Crippen molar-refractivity contribution in [3.05, 3.63) is 5.90 Å². The third kappa shape index (κ3) is 30.2. The van der Waals surface area contributed by atoms with Gasteiger partial charge in [-0.2, -0.15) is 0 Å². The molecule has 0 saturated carbocycles. The Morgan fingerprint density at radius 1 is 1.50 bits per heavy atom. The van der Waals surface area contributed by atoms with Crippen LogP contribution in [0.3, 0.4) is 0 Å². The van der Waals surface area contributed by atoms with Crippen molar-refractivity contribution in [3.8, 4) is 0 Å². The van der Waals surface area contributed by atoms with E-state index < -0.39 is 11.1 Å². The van der Waals surface area contributed by atoms with Gasteiger partial charge in [-0.25, -0.2) is 4.21 Å². The number of hydrogen-bond donors (Lipinski definition) is 0. The maximum atomic E-state index is 9.51. The normalized spacial score (nSPS) is 10.0. The van der Waals surface area contributed by atoms with Gasteiger partial charge in [0, 0.05) is 24.8 Å². The summed E-state index contributed by atoms with van der Waals surface area (Å²) < 4.78 is 13.0. The minimum atomic E-state index is -1.41. The van der Waals surface area contributed by atoms with E-state index in [1.807, 2.05) is 13.8 Å². The fraction of sp³-hybridized carbons (Fsp3) is 1.00. The van der Waals surface area contributed by atoms with Crippen LogP contribution in [0.4, 0.5) is 0 Å². The third-order valence-corrected chi connectivity index (χ3v) is 0.352. The molecule has 0 amide bonds. The van der Waals surface area contributed by atoms with Crippen molar-refractivity contribution in [2.75, 3.05) is 6.26 Å². The molecule has 8 heavy (non-hydrogen) atoms. The van der Waals surface area contributed by atoms with Crippen LogP contribution in [0.5, 0.6) is 0 Å². The zero-order valence-corrected chi connectivity index (χ0v) is 7.39. The van der Waals surface area contributed by atoms with Gasteiger partial charge in [0.05, 0.1) is 0 Å². The van der Waals surface area contributed by atoms with Crippen LogP contribution in [0.25, 0.3) is 5.90 Å². The summed E-state index contributed by atoms with van der Waals surface area (Å²) in [6.07, 6.45) is 1.28. The van der Waals surface area contributed by atoms with Gasteiger partial charge in [0.15, 0.2) is 0 Å². The first-order chi connectivity index (χ1) is 3.27. The van der Waals surface area contributed by atoms with E-state index in [0.717, 1.165) is 0 Å². The van der Waals surface area contributed by atoms with Gasteiger partial charge in [-0.15, -0.1) is 0 Å². The number of nitrogens with one attached hydrogen (secondary N) is 1. The molecule has 1 atom stereocenters. The molecule has 5 heteroatoms. The molecule has 1 unspecified atom stereocenters. The van der Waals surface area contributed by atoms with E-state index in [-0.39, 0.29) is 18.6 Å². The predicted molar refractivity (Wildman–Crippen MR) is 30.8 cm³/mol. The van der Waals surface area contributed by atoms with E-state index in [4.69, 9.17) is 5.90 Å². The van der Waals surface area contributed by atoms with Crippen molar-refractivity contribution >= 4 is 11.1 Å². The van der Waals surface area contributed by atoms with E-state index in [0.29, 0.717) is 0 Å². The Bertz CT molecular complexity index is 52.5. The molecule has 0 spiro atoms. The van der Waals surface area contributed by atoms with Gasteiger partial charge in [0.1, 0.15) is 11.1 Å². The fourth-order valence-corrected chi connectivity index (χ4v) is 0. The average Bonchev–Trinajstić information content (AvgIpc) is 1.73. The smallest absolute Gasteiger partial charge is 0.135 e. The standard InChI is InChI=1S/C2H6.CH4NO2S.V/c1-2;1-5(3)4-2;/h1-2H3;2H,1H3;/q;-1;. The molecule has 0 rings (SSSR count). The summed E-state index contributed by atoms with van der Waals surface area (Å²) in [4.78, 5) is 0. The van der Waals surface area contributed by atoms with Gasteiger partial charge < -0.3 is 10.2 Å². The summed E-state index contributed by atoms with van der Waals surface area (Å²) in [5, 5.41) is 0. The van der Waals surface area contributed by atoms with Crippen LogP contribution in [-0.2, 0) is 33.9 Å². The first kappa shape index (κ1) is 15.9. The van der Waals surface area contributed by atoms with Gasteiger partial charge in [-0.05, 0) is 0 Å². The van der Waals surface area contributed by atoms with Crippen LogP contribution >= 0.6 is 0 Å². The molecule has 0 aromatic rings. The second kappa shape index (κ2) is 15.6. The van der Waals surface area contributed by atoms with Crippen LogP contribution in [-0.4, -0.2) is 10.5 Å². The molecule has 3 nitrogen and oxygen atoms in total. The Kier molecular flexibility index (Phi) is 31.0. The molecule has 0 heterocycles. The Morgan fingerprint density at radius 2 is 1.62 bits per heavy atom. The van der Waals surface area contributed by atoms with Gasteiger partial charge >= 0.3 is 0 Å². The van der Waals surface area contributed by atoms with Crippen molar-refractivity contribution in [2.45, 2.75) is 13.8 Å². The van der Waals surface area contributed by atoms with Crippen LogP contribution in [0.1, 0.15) is 13.8 Å². The molecule has 1 radical (unpaired) electrons. The minimum Gasteiger partial charge on any atom is -0.534 e. The predicted octanol–water partition coefficient (Wildman–Crippen LogP) is 1.29. The number of hydrogen-bond acceptors (Lipinski definition) is 2. The zero-order valence-electron chi connectivity index (χ0n) is 5.17. The van der Waals surface area contributed by atoms with Crippen molar-refractivity contribution < 1.29 is 27.0 Å². The minimum absolute atomic E-state index is 0. The second-order valence-corrected chi connectivity index (χ2v) is 1.45. The van der Waals surface area contributed by atoms with Crippen LogP contribution in [0, 0.1) is 0 Å². The van der Waals surface area contributed by atoms with E-state index in [1.54, 1.807) is 0 Å². The first-order valence-electron chi connectivity index (χ1n) is 1.95. The van der Waals surface area contributed by atoms with E-state index in [2.05, 4.69) is 4.28 Å². The molecule has 0 aliphatic carbocycles. The summed E-state index contributed by atoms with van der Waals surface area (Å²) >= 11 is -1.41. The molecule has 0 bridgehead atoms. The second-order valence-electron chi connectivity index (χ2n) is 0.485. The van der Waals surface area contributed by atoms with Crippen LogP contribution < -0.4 is 0 Å². The molecule has 0 aliphatic rings. The molecular formula is C3H10NO2SV-. The summed E-state index contributed by atoms with van der Waals surface area (Å²) in [6.45, 7) is 4.00. The van der Waals surface area contributed by atoms with Gasteiger partial charge in [0.25, 0.3) is 0 Å². The van der Waals surface area contributed by atoms with Crippen molar-refractivity contribution in [3.63, 3.8) is 0 Å². The zero-order chi connectivity index (χ0) is 6.28. The summed E-state index contributed by atoms with van der Waals surface area (Å²) in [6, 6.07) is 0. The van der Waals surface area contributed by atoms with Crippen molar-refractivity contribution in [2.24, 2.45) is 0 Å². The SMILES string of the molecule is CC.CS(=O)O[NH-].[V]. The van der Waals surface area contributed by atoms with E-state index in [9.17, 15) is 4.21 Å². The molecule has 51 valence electrons. The first-order valence-corrected chi connectivity index (χ1v) is 3.43. The van der Waals surface area contributed by atoms with E-state index in [1.165, 1.54) is 6.26 Å². The Hall–Kier alpha value is 0.654.